The summed E-state index contributed by atoms with van der Waals surface area (Å²) in [7, 11) is 0. The Balaban J connectivity index is 2.38. The molecule has 0 aliphatic rings. The van der Waals surface area contributed by atoms with Gasteiger partial charge in [-0.05, 0) is 29.9 Å². The second-order valence-corrected chi connectivity index (χ2v) is 6.93. The molecule has 0 saturated heterocycles. The van der Waals surface area contributed by atoms with E-state index in [-0.39, 0.29) is 5.91 Å². The molecular formula is C21H28N4O. The molecule has 0 fully saturated rings. The van der Waals surface area contributed by atoms with Crippen LogP contribution in [0.4, 0.5) is 11.5 Å². The van der Waals surface area contributed by atoms with Crippen molar-refractivity contribution in [3.05, 3.63) is 59.6 Å². The first-order valence-electron chi connectivity index (χ1n) is 8.98. The molecule has 0 atom stereocenters. The molecule has 0 aliphatic heterocycles. The van der Waals surface area contributed by atoms with E-state index < -0.39 is 0 Å². The van der Waals surface area contributed by atoms with Gasteiger partial charge in [0.2, 0.25) is 0 Å². The van der Waals surface area contributed by atoms with Crippen LogP contribution in [0.15, 0.2) is 36.9 Å². The van der Waals surface area contributed by atoms with Crippen molar-refractivity contribution < 1.29 is 4.79 Å². The van der Waals surface area contributed by atoms with Gasteiger partial charge in [0.1, 0.15) is 17.3 Å². The van der Waals surface area contributed by atoms with Crippen molar-refractivity contribution in [3.63, 3.8) is 0 Å². The summed E-state index contributed by atoms with van der Waals surface area (Å²) >= 11 is 0. The van der Waals surface area contributed by atoms with E-state index in [9.17, 15) is 4.79 Å². The Hall–Kier alpha value is -2.69. The molecule has 1 amide bonds. The number of amides is 1. The number of rotatable bonds is 7. The SMILES string of the molecule is C=CCNc1cc(C(=O)Nc2c(C(C)C)cccc2C(C)C)nc(C)n1. The minimum Gasteiger partial charge on any atom is -0.366 e. The molecule has 5 nitrogen and oxygen atoms in total. The lowest BCUT2D eigenvalue weighted by atomic mass is 9.92. The van der Waals surface area contributed by atoms with Gasteiger partial charge in [-0.15, -0.1) is 6.58 Å². The molecule has 1 aromatic carbocycles. The molecule has 0 saturated carbocycles. The van der Waals surface area contributed by atoms with Gasteiger partial charge in [0.25, 0.3) is 5.91 Å². The van der Waals surface area contributed by atoms with E-state index in [4.69, 9.17) is 0 Å². The van der Waals surface area contributed by atoms with Crippen LogP contribution in [0.1, 0.15) is 67.0 Å². The Morgan fingerprint density at radius 1 is 1.15 bits per heavy atom. The van der Waals surface area contributed by atoms with E-state index >= 15 is 0 Å². The number of carbonyl (C=O) groups is 1. The first-order valence-corrected chi connectivity index (χ1v) is 8.98. The van der Waals surface area contributed by atoms with Crippen molar-refractivity contribution in [1.29, 1.82) is 0 Å². The maximum Gasteiger partial charge on any atom is 0.274 e. The Kier molecular flexibility index (Phi) is 6.50. The molecule has 1 aromatic heterocycles. The average molecular weight is 352 g/mol. The number of nitrogens with one attached hydrogen (secondary N) is 2. The topological polar surface area (TPSA) is 66.9 Å². The first-order chi connectivity index (χ1) is 12.3. The predicted molar refractivity (Wildman–Crippen MR) is 108 cm³/mol. The van der Waals surface area contributed by atoms with Crippen LogP contribution in [-0.4, -0.2) is 22.4 Å². The highest BCUT2D eigenvalue weighted by Crippen LogP contribution is 2.32. The summed E-state index contributed by atoms with van der Waals surface area (Å²) < 4.78 is 0. The van der Waals surface area contributed by atoms with Crippen LogP contribution in [0.25, 0.3) is 0 Å². The molecule has 2 aromatic rings. The zero-order chi connectivity index (χ0) is 19.3. The van der Waals surface area contributed by atoms with Crippen LogP contribution < -0.4 is 10.6 Å². The van der Waals surface area contributed by atoms with E-state index in [1.54, 1.807) is 19.1 Å². The molecule has 0 unspecified atom stereocenters. The van der Waals surface area contributed by atoms with Crippen LogP contribution in [0, 0.1) is 6.92 Å². The maximum atomic E-state index is 12.9. The zero-order valence-electron chi connectivity index (χ0n) is 16.3. The van der Waals surface area contributed by atoms with Crippen LogP contribution in [0.5, 0.6) is 0 Å². The number of hydrogen-bond donors (Lipinski definition) is 2. The Morgan fingerprint density at radius 3 is 2.31 bits per heavy atom. The lowest BCUT2D eigenvalue weighted by Crippen LogP contribution is -2.18. The van der Waals surface area contributed by atoms with Crippen molar-refractivity contribution >= 4 is 17.4 Å². The highest BCUT2D eigenvalue weighted by Gasteiger charge is 2.18. The summed E-state index contributed by atoms with van der Waals surface area (Å²) in [6.45, 7) is 14.5. The van der Waals surface area contributed by atoms with Gasteiger partial charge in [0.15, 0.2) is 0 Å². The number of aryl methyl sites for hydroxylation is 1. The summed E-state index contributed by atoms with van der Waals surface area (Å²) in [6, 6.07) is 7.84. The third-order valence-electron chi connectivity index (χ3n) is 4.11. The maximum absolute atomic E-state index is 12.9. The van der Waals surface area contributed by atoms with E-state index in [0.717, 1.165) is 16.8 Å². The van der Waals surface area contributed by atoms with Gasteiger partial charge >= 0.3 is 0 Å². The summed E-state index contributed by atoms with van der Waals surface area (Å²) in [5, 5.41) is 6.20. The first kappa shape index (κ1) is 19.6. The summed E-state index contributed by atoms with van der Waals surface area (Å²) in [5.41, 5.74) is 3.48. The molecule has 0 aliphatic carbocycles. The van der Waals surface area contributed by atoms with Gasteiger partial charge in [0, 0.05) is 18.3 Å². The molecule has 0 bridgehead atoms. The molecule has 2 rings (SSSR count). The summed E-state index contributed by atoms with van der Waals surface area (Å²) in [5.74, 6) is 1.54. The van der Waals surface area contributed by atoms with Crippen molar-refractivity contribution in [1.82, 2.24) is 9.97 Å². The minimum atomic E-state index is -0.229. The monoisotopic (exact) mass is 352 g/mol. The van der Waals surface area contributed by atoms with Gasteiger partial charge in [-0.2, -0.15) is 0 Å². The van der Waals surface area contributed by atoms with Gasteiger partial charge < -0.3 is 10.6 Å². The van der Waals surface area contributed by atoms with E-state index in [1.807, 2.05) is 6.07 Å². The quantitative estimate of drug-likeness (QED) is 0.697. The van der Waals surface area contributed by atoms with Crippen LogP contribution in [0.2, 0.25) is 0 Å². The molecule has 1 heterocycles. The third-order valence-corrected chi connectivity index (χ3v) is 4.11. The Morgan fingerprint density at radius 2 is 1.77 bits per heavy atom. The van der Waals surface area contributed by atoms with Gasteiger partial charge in [-0.1, -0.05) is 52.0 Å². The summed E-state index contributed by atoms with van der Waals surface area (Å²) in [4.78, 5) is 21.5. The number of anilines is 2. The van der Waals surface area contributed by atoms with E-state index in [2.05, 4.69) is 67.0 Å². The fraction of sp³-hybridized carbons (Fsp3) is 0.381. The van der Waals surface area contributed by atoms with Gasteiger partial charge in [-0.3, -0.25) is 4.79 Å². The number of para-hydroxylation sites is 1. The predicted octanol–water partition coefficient (Wildman–Crippen LogP) is 4.88. The van der Waals surface area contributed by atoms with Crippen molar-refractivity contribution in [2.24, 2.45) is 0 Å². The highest BCUT2D eigenvalue weighted by atomic mass is 16.1. The number of aromatic nitrogens is 2. The van der Waals surface area contributed by atoms with E-state index in [1.165, 1.54) is 0 Å². The largest absolute Gasteiger partial charge is 0.366 e. The molecule has 26 heavy (non-hydrogen) atoms. The minimum absolute atomic E-state index is 0.229. The third kappa shape index (κ3) is 4.69. The van der Waals surface area contributed by atoms with Crippen LogP contribution >= 0.6 is 0 Å². The van der Waals surface area contributed by atoms with Gasteiger partial charge in [-0.25, -0.2) is 9.97 Å². The van der Waals surface area contributed by atoms with Gasteiger partial charge in [0.05, 0.1) is 0 Å². The normalized spacial score (nSPS) is 10.9. The van der Waals surface area contributed by atoms with Crippen LogP contribution in [0.3, 0.4) is 0 Å². The zero-order valence-corrected chi connectivity index (χ0v) is 16.3. The second kappa shape index (κ2) is 8.61. The van der Waals surface area contributed by atoms with E-state index in [0.29, 0.717) is 35.7 Å². The number of carbonyl (C=O) groups excluding carboxylic acids is 1. The Labute approximate surface area is 156 Å². The lowest BCUT2D eigenvalue weighted by Gasteiger charge is -2.20. The number of benzene rings is 1. The van der Waals surface area contributed by atoms with Crippen molar-refractivity contribution in [2.75, 3.05) is 17.2 Å². The molecule has 138 valence electrons. The summed E-state index contributed by atoms with van der Waals surface area (Å²) in [6.07, 6.45) is 1.74. The van der Waals surface area contributed by atoms with Crippen molar-refractivity contribution in [3.8, 4) is 0 Å². The molecule has 2 N–H and O–H groups in total. The smallest absolute Gasteiger partial charge is 0.274 e. The number of nitrogens with zero attached hydrogens (tertiary/aromatic N) is 2. The molecule has 0 radical (unpaired) electrons. The molecular weight excluding hydrogens is 324 g/mol. The standard InChI is InChI=1S/C21H28N4O/c1-7-11-22-19-12-18(23-15(6)24-19)21(26)25-20-16(13(2)3)9-8-10-17(20)14(4)5/h7-10,12-14H,1,11H2,2-6H3,(H,25,26)(H,22,23,24). The Bertz CT molecular complexity index is 770. The average Bonchev–Trinajstić information content (AvgIpc) is 2.59. The lowest BCUT2D eigenvalue weighted by molar-refractivity contribution is 0.102. The molecule has 5 heteroatoms. The van der Waals surface area contributed by atoms with Crippen molar-refractivity contribution in [2.45, 2.75) is 46.5 Å². The fourth-order valence-corrected chi connectivity index (χ4v) is 2.82. The fourth-order valence-electron chi connectivity index (χ4n) is 2.82. The molecule has 0 spiro atoms. The van der Waals surface area contributed by atoms with Crippen LogP contribution in [-0.2, 0) is 0 Å². The highest BCUT2D eigenvalue weighted by molar-refractivity contribution is 6.04. The number of hydrogen-bond acceptors (Lipinski definition) is 4. The second-order valence-electron chi connectivity index (χ2n) is 6.93.